The number of para-hydroxylation sites is 1. The largest absolute Gasteiger partial charge is 0.349 e. The Morgan fingerprint density at radius 2 is 1.80 bits per heavy atom. The van der Waals surface area contributed by atoms with Crippen molar-refractivity contribution in [1.82, 2.24) is 10.2 Å². The maximum absolute atomic E-state index is 13.2. The van der Waals surface area contributed by atoms with Crippen LogP contribution in [0.25, 0.3) is 0 Å². The maximum atomic E-state index is 13.2. The molecule has 1 fully saturated rings. The SMILES string of the molecule is O=C(NC1CCN(C(=S)Nc2ccccc2)CC1)c1cccc(F)c1. The van der Waals surface area contributed by atoms with Crippen LogP contribution in [-0.4, -0.2) is 35.1 Å². The number of anilines is 1. The van der Waals surface area contributed by atoms with Crippen LogP contribution in [0.1, 0.15) is 23.2 Å². The van der Waals surface area contributed by atoms with Crippen LogP contribution < -0.4 is 10.6 Å². The number of likely N-dealkylation sites (tertiary alicyclic amines) is 1. The summed E-state index contributed by atoms with van der Waals surface area (Å²) in [5, 5.41) is 6.90. The van der Waals surface area contributed by atoms with Gasteiger partial charge in [0.15, 0.2) is 5.11 Å². The highest BCUT2D eigenvalue weighted by Crippen LogP contribution is 2.14. The second kappa shape index (κ2) is 8.07. The van der Waals surface area contributed by atoms with E-state index >= 15 is 0 Å². The minimum Gasteiger partial charge on any atom is -0.349 e. The molecule has 25 heavy (non-hydrogen) atoms. The van der Waals surface area contributed by atoms with Gasteiger partial charge in [-0.05, 0) is 55.4 Å². The van der Waals surface area contributed by atoms with Crippen LogP contribution in [0, 0.1) is 5.82 Å². The van der Waals surface area contributed by atoms with E-state index in [9.17, 15) is 9.18 Å². The average molecular weight is 357 g/mol. The third-order valence-electron chi connectivity index (χ3n) is 4.23. The maximum Gasteiger partial charge on any atom is 0.251 e. The third-order valence-corrected chi connectivity index (χ3v) is 4.59. The normalized spacial score (nSPS) is 14.8. The van der Waals surface area contributed by atoms with Gasteiger partial charge in [-0.25, -0.2) is 4.39 Å². The lowest BCUT2D eigenvalue weighted by molar-refractivity contribution is 0.0922. The van der Waals surface area contributed by atoms with Gasteiger partial charge in [-0.2, -0.15) is 0 Å². The number of nitrogens with zero attached hydrogens (tertiary/aromatic N) is 1. The predicted octanol–water partition coefficient (Wildman–Crippen LogP) is 3.42. The molecule has 6 heteroatoms. The van der Waals surface area contributed by atoms with Crippen molar-refractivity contribution < 1.29 is 9.18 Å². The number of benzene rings is 2. The first-order valence-corrected chi connectivity index (χ1v) is 8.70. The Morgan fingerprint density at radius 1 is 1.08 bits per heavy atom. The molecule has 0 radical (unpaired) electrons. The van der Waals surface area contributed by atoms with Gasteiger partial charge in [-0.15, -0.1) is 0 Å². The van der Waals surface area contributed by atoms with E-state index in [1.54, 1.807) is 12.1 Å². The topological polar surface area (TPSA) is 44.4 Å². The predicted molar refractivity (Wildman–Crippen MR) is 101 cm³/mol. The minimum absolute atomic E-state index is 0.0755. The minimum atomic E-state index is -0.403. The zero-order valence-electron chi connectivity index (χ0n) is 13.7. The van der Waals surface area contributed by atoms with Crippen molar-refractivity contribution in [2.45, 2.75) is 18.9 Å². The Labute approximate surface area is 152 Å². The summed E-state index contributed by atoms with van der Waals surface area (Å²) in [4.78, 5) is 14.3. The number of carbonyl (C=O) groups is 1. The molecule has 1 aliphatic rings. The smallest absolute Gasteiger partial charge is 0.251 e. The van der Waals surface area contributed by atoms with Crippen LogP contribution in [0.4, 0.5) is 10.1 Å². The highest BCUT2D eigenvalue weighted by atomic mass is 32.1. The zero-order chi connectivity index (χ0) is 17.6. The van der Waals surface area contributed by atoms with Crippen molar-refractivity contribution in [2.75, 3.05) is 18.4 Å². The Balaban J connectivity index is 1.48. The molecule has 0 aromatic heterocycles. The van der Waals surface area contributed by atoms with Crippen molar-refractivity contribution in [3.05, 3.63) is 66.0 Å². The molecule has 2 N–H and O–H groups in total. The van der Waals surface area contributed by atoms with E-state index in [1.165, 1.54) is 12.1 Å². The number of piperidine rings is 1. The van der Waals surface area contributed by atoms with Gasteiger partial charge in [0.05, 0.1) is 0 Å². The fraction of sp³-hybridized carbons (Fsp3) is 0.263. The summed E-state index contributed by atoms with van der Waals surface area (Å²) in [7, 11) is 0. The fourth-order valence-corrected chi connectivity index (χ4v) is 3.15. The molecule has 3 rings (SSSR count). The molecule has 0 atom stereocenters. The van der Waals surface area contributed by atoms with Crippen LogP contribution in [0.2, 0.25) is 0 Å². The zero-order valence-corrected chi connectivity index (χ0v) is 14.6. The lowest BCUT2D eigenvalue weighted by atomic mass is 10.0. The average Bonchev–Trinajstić information content (AvgIpc) is 2.63. The molecule has 0 saturated carbocycles. The molecule has 0 unspecified atom stereocenters. The molecular weight excluding hydrogens is 337 g/mol. The van der Waals surface area contributed by atoms with Crippen LogP contribution in [0.3, 0.4) is 0 Å². The van der Waals surface area contributed by atoms with Crippen LogP contribution in [0.5, 0.6) is 0 Å². The molecule has 2 aromatic rings. The van der Waals surface area contributed by atoms with E-state index in [2.05, 4.69) is 15.5 Å². The summed E-state index contributed by atoms with van der Waals surface area (Å²) < 4.78 is 13.2. The van der Waals surface area contributed by atoms with E-state index in [0.717, 1.165) is 31.6 Å². The molecule has 0 spiro atoms. The Hall–Kier alpha value is -2.47. The molecule has 1 aliphatic heterocycles. The number of hydrogen-bond donors (Lipinski definition) is 2. The molecule has 4 nitrogen and oxygen atoms in total. The first-order chi connectivity index (χ1) is 12.1. The van der Waals surface area contributed by atoms with Crippen molar-refractivity contribution in [3.8, 4) is 0 Å². The van der Waals surface area contributed by atoms with Gasteiger partial charge < -0.3 is 15.5 Å². The summed E-state index contributed by atoms with van der Waals surface area (Å²) in [6, 6.07) is 15.6. The second-order valence-electron chi connectivity index (χ2n) is 6.04. The fourth-order valence-electron chi connectivity index (χ4n) is 2.85. The molecule has 2 aromatic carbocycles. The molecular formula is C19H20FN3OS. The summed E-state index contributed by atoms with van der Waals surface area (Å²) in [6.07, 6.45) is 1.61. The van der Waals surface area contributed by atoms with Gasteiger partial charge in [0.2, 0.25) is 0 Å². The quantitative estimate of drug-likeness (QED) is 0.827. The molecule has 1 amide bonds. The lowest BCUT2D eigenvalue weighted by Crippen LogP contribution is -2.47. The summed E-state index contributed by atoms with van der Waals surface area (Å²) in [5.41, 5.74) is 1.32. The van der Waals surface area contributed by atoms with Gasteiger partial charge in [-0.1, -0.05) is 24.3 Å². The number of nitrogens with one attached hydrogen (secondary N) is 2. The molecule has 1 saturated heterocycles. The van der Waals surface area contributed by atoms with E-state index in [0.29, 0.717) is 10.7 Å². The Morgan fingerprint density at radius 3 is 2.48 bits per heavy atom. The lowest BCUT2D eigenvalue weighted by Gasteiger charge is -2.34. The second-order valence-corrected chi connectivity index (χ2v) is 6.43. The number of thiocarbonyl (C=S) groups is 1. The Bertz CT molecular complexity index is 745. The van der Waals surface area contributed by atoms with E-state index in [-0.39, 0.29) is 11.9 Å². The van der Waals surface area contributed by atoms with Gasteiger partial charge in [0.25, 0.3) is 5.91 Å². The Kier molecular flexibility index (Phi) is 5.60. The van der Waals surface area contributed by atoms with Crippen LogP contribution in [-0.2, 0) is 0 Å². The van der Waals surface area contributed by atoms with Gasteiger partial charge in [0, 0.05) is 30.4 Å². The summed E-state index contributed by atoms with van der Waals surface area (Å²) in [5.74, 6) is -0.636. The monoisotopic (exact) mass is 357 g/mol. The van der Waals surface area contributed by atoms with Crippen molar-refractivity contribution in [2.24, 2.45) is 0 Å². The highest BCUT2D eigenvalue weighted by molar-refractivity contribution is 7.80. The standard InChI is InChI=1S/C19H20FN3OS/c20-15-6-4-5-14(13-15)18(24)21-17-9-11-23(12-10-17)19(25)22-16-7-2-1-3-8-16/h1-8,13,17H,9-12H2,(H,21,24)(H,22,25). The first-order valence-electron chi connectivity index (χ1n) is 8.29. The van der Waals surface area contributed by atoms with E-state index < -0.39 is 5.82 Å². The van der Waals surface area contributed by atoms with Crippen LogP contribution >= 0.6 is 12.2 Å². The van der Waals surface area contributed by atoms with Crippen molar-refractivity contribution in [1.29, 1.82) is 0 Å². The summed E-state index contributed by atoms with van der Waals surface area (Å²) in [6.45, 7) is 1.54. The van der Waals surface area contributed by atoms with E-state index in [1.807, 2.05) is 30.3 Å². The van der Waals surface area contributed by atoms with Gasteiger partial charge >= 0.3 is 0 Å². The highest BCUT2D eigenvalue weighted by Gasteiger charge is 2.22. The molecule has 1 heterocycles. The van der Waals surface area contributed by atoms with Crippen molar-refractivity contribution in [3.63, 3.8) is 0 Å². The van der Waals surface area contributed by atoms with Gasteiger partial charge in [-0.3, -0.25) is 4.79 Å². The first kappa shape index (κ1) is 17.4. The van der Waals surface area contributed by atoms with Gasteiger partial charge in [0.1, 0.15) is 5.82 Å². The third kappa shape index (κ3) is 4.76. The number of halogens is 1. The van der Waals surface area contributed by atoms with E-state index in [4.69, 9.17) is 12.2 Å². The van der Waals surface area contributed by atoms with Crippen molar-refractivity contribution >= 4 is 28.9 Å². The number of hydrogen-bond acceptors (Lipinski definition) is 2. The molecule has 130 valence electrons. The number of carbonyl (C=O) groups excluding carboxylic acids is 1. The number of amides is 1. The van der Waals surface area contributed by atoms with Crippen LogP contribution in [0.15, 0.2) is 54.6 Å². The molecule has 0 bridgehead atoms. The molecule has 0 aliphatic carbocycles. The number of rotatable bonds is 3. The summed E-state index contributed by atoms with van der Waals surface area (Å²) >= 11 is 5.46.